The van der Waals surface area contributed by atoms with Gasteiger partial charge >= 0.3 is 17.9 Å². The molecule has 7 nitrogen and oxygen atoms in total. The van der Waals surface area contributed by atoms with Gasteiger partial charge in [-0.25, -0.2) is 0 Å². The van der Waals surface area contributed by atoms with Gasteiger partial charge in [-0.3, -0.25) is 19.2 Å². The summed E-state index contributed by atoms with van der Waals surface area (Å²) in [7, 11) is 1.41. The van der Waals surface area contributed by atoms with Gasteiger partial charge in [-0.15, -0.1) is 0 Å². The highest BCUT2D eigenvalue weighted by atomic mass is 16.5. The summed E-state index contributed by atoms with van der Waals surface area (Å²) in [6, 6.07) is 0. The fourth-order valence-corrected chi connectivity index (χ4v) is 8.56. The zero-order valence-corrected chi connectivity index (χ0v) is 22.6. The molecule has 0 amide bonds. The van der Waals surface area contributed by atoms with E-state index in [-0.39, 0.29) is 64.9 Å². The van der Waals surface area contributed by atoms with Crippen LogP contribution in [0.4, 0.5) is 0 Å². The molecule has 0 radical (unpaired) electrons. The number of carbonyl (C=O) groups excluding carboxylic acids is 4. The molecule has 3 saturated carbocycles. The number of allylic oxidation sites excluding steroid dienone is 2. The van der Waals surface area contributed by atoms with Crippen molar-refractivity contribution in [2.24, 2.45) is 46.3 Å². The highest BCUT2D eigenvalue weighted by Crippen LogP contribution is 2.67. The summed E-state index contributed by atoms with van der Waals surface area (Å²) in [5.74, 6) is 0.888. The summed E-state index contributed by atoms with van der Waals surface area (Å²) in [4.78, 5) is 49.6. The smallest absolute Gasteiger partial charge is 0.307 e. The Kier molecular flexibility index (Phi) is 7.42. The Balaban J connectivity index is 1.67. The average molecular weight is 503 g/mol. The summed E-state index contributed by atoms with van der Waals surface area (Å²) >= 11 is 0. The van der Waals surface area contributed by atoms with Crippen LogP contribution in [-0.2, 0) is 33.4 Å². The Labute approximate surface area is 214 Å². The number of methoxy groups -OCH3 is 1. The lowest BCUT2D eigenvalue weighted by Crippen LogP contribution is -2.57. The van der Waals surface area contributed by atoms with Crippen LogP contribution in [0.2, 0.25) is 0 Å². The van der Waals surface area contributed by atoms with E-state index in [1.54, 1.807) is 0 Å². The number of carbonyl (C=O) groups is 4. The fraction of sp³-hybridized carbons (Fsp3) is 0.793. The standard InChI is InChI=1S/C29H42O7/c1-16(7-10-26(33)34-6)21-8-9-22-27-23(15-25(32)29(21,22)5)28(4)12-11-20(35-17(2)30)13-19(28)14-24(27)36-18(3)31/h14,16,19-23,27H,7-13,15H2,1-6H3/t16-,19+,20-,21+,22-,23+,27+,28+,29-/m1/s1. The van der Waals surface area contributed by atoms with Gasteiger partial charge in [0.05, 0.1) is 7.11 Å². The topological polar surface area (TPSA) is 96.0 Å². The van der Waals surface area contributed by atoms with Crippen molar-refractivity contribution in [2.45, 2.75) is 92.1 Å². The second kappa shape index (κ2) is 9.94. The van der Waals surface area contributed by atoms with Crippen LogP contribution in [-0.4, -0.2) is 36.9 Å². The maximum Gasteiger partial charge on any atom is 0.307 e. The number of hydrogen-bond donors (Lipinski definition) is 0. The lowest BCUT2D eigenvalue weighted by atomic mass is 9.45. The number of ether oxygens (including phenoxy) is 3. The van der Waals surface area contributed by atoms with Crippen LogP contribution in [0.3, 0.4) is 0 Å². The van der Waals surface area contributed by atoms with E-state index in [1.807, 2.05) is 0 Å². The molecule has 0 aliphatic heterocycles. The quantitative estimate of drug-likeness (QED) is 0.372. The molecular weight excluding hydrogens is 460 g/mol. The van der Waals surface area contributed by atoms with E-state index in [2.05, 4.69) is 26.8 Å². The van der Waals surface area contributed by atoms with Gasteiger partial charge in [-0.1, -0.05) is 20.8 Å². The molecule has 3 fully saturated rings. The second-order valence-corrected chi connectivity index (χ2v) is 12.2. The van der Waals surface area contributed by atoms with Crippen LogP contribution < -0.4 is 0 Å². The van der Waals surface area contributed by atoms with E-state index in [4.69, 9.17) is 14.2 Å². The molecule has 7 heteroatoms. The van der Waals surface area contributed by atoms with E-state index >= 15 is 0 Å². The summed E-state index contributed by atoms with van der Waals surface area (Å²) in [6.45, 7) is 9.43. The van der Waals surface area contributed by atoms with E-state index in [1.165, 1.54) is 21.0 Å². The third-order valence-corrected chi connectivity index (χ3v) is 10.4. The Bertz CT molecular complexity index is 953. The first-order valence-corrected chi connectivity index (χ1v) is 13.6. The van der Waals surface area contributed by atoms with Gasteiger partial charge in [0.25, 0.3) is 0 Å². The van der Waals surface area contributed by atoms with Crippen LogP contribution in [0.15, 0.2) is 11.8 Å². The first kappa shape index (κ1) is 26.9. The molecule has 0 N–H and O–H groups in total. The highest BCUT2D eigenvalue weighted by Gasteiger charge is 2.65. The van der Waals surface area contributed by atoms with Gasteiger partial charge in [-0.2, -0.15) is 0 Å². The number of rotatable bonds is 6. The molecule has 0 aromatic heterocycles. The molecule has 4 rings (SSSR count). The first-order chi connectivity index (χ1) is 16.9. The number of Topliss-reactive ketones (excluding diaryl/α,β-unsaturated/α-hetero) is 1. The first-order valence-electron chi connectivity index (χ1n) is 13.6. The van der Waals surface area contributed by atoms with Crippen LogP contribution in [0.25, 0.3) is 0 Å². The molecule has 200 valence electrons. The molecule has 0 aromatic rings. The number of esters is 3. The van der Waals surface area contributed by atoms with E-state index in [9.17, 15) is 19.2 Å². The molecule has 0 unspecified atom stereocenters. The second-order valence-electron chi connectivity index (χ2n) is 12.2. The average Bonchev–Trinajstić information content (AvgIpc) is 3.16. The minimum Gasteiger partial charge on any atom is -0.469 e. The van der Waals surface area contributed by atoms with Crippen LogP contribution in [0, 0.1) is 46.3 Å². The predicted molar refractivity (Wildman–Crippen MR) is 132 cm³/mol. The minimum atomic E-state index is -0.506. The van der Waals surface area contributed by atoms with Gasteiger partial charge in [0.15, 0.2) is 0 Å². The van der Waals surface area contributed by atoms with Crippen molar-refractivity contribution < 1.29 is 33.4 Å². The minimum absolute atomic E-state index is 0.0148. The molecule has 4 aliphatic carbocycles. The molecule has 0 bridgehead atoms. The zero-order chi connectivity index (χ0) is 26.4. The fourth-order valence-electron chi connectivity index (χ4n) is 8.56. The van der Waals surface area contributed by atoms with E-state index in [0.717, 1.165) is 25.7 Å². The predicted octanol–water partition coefficient (Wildman–Crippen LogP) is 5.01. The third-order valence-electron chi connectivity index (χ3n) is 10.4. The van der Waals surface area contributed by atoms with Crippen molar-refractivity contribution in [2.75, 3.05) is 7.11 Å². The summed E-state index contributed by atoms with van der Waals surface area (Å²) < 4.78 is 16.3. The zero-order valence-electron chi connectivity index (χ0n) is 22.6. The summed E-state index contributed by atoms with van der Waals surface area (Å²) in [5, 5.41) is 0. The molecule has 0 saturated heterocycles. The number of fused-ring (bicyclic) bond motifs is 5. The van der Waals surface area contributed by atoms with Gasteiger partial charge in [0, 0.05) is 38.0 Å². The Hall–Kier alpha value is -2.18. The summed E-state index contributed by atoms with van der Waals surface area (Å²) in [5.41, 5.74) is -0.620. The monoisotopic (exact) mass is 502 g/mol. The number of ketones is 1. The normalized spacial score (nSPS) is 40.2. The third kappa shape index (κ3) is 4.51. The molecule has 36 heavy (non-hydrogen) atoms. The van der Waals surface area contributed by atoms with Crippen molar-refractivity contribution in [1.29, 1.82) is 0 Å². The molecule has 0 spiro atoms. The van der Waals surface area contributed by atoms with Gasteiger partial charge < -0.3 is 14.2 Å². The molecule has 4 aliphatic rings. The lowest BCUT2D eigenvalue weighted by molar-refractivity contribution is -0.160. The summed E-state index contributed by atoms with van der Waals surface area (Å²) in [6.07, 6.45) is 7.70. The SMILES string of the molecule is COC(=O)CC[C@@H](C)[C@@H]1CC[C@@H]2[C@@H]3C(OC(C)=O)=C[C@@H]4C[C@H](OC(C)=O)CC[C@]4(C)[C@H]3CC(=O)[C@@]21C. The Morgan fingerprint density at radius 1 is 1.08 bits per heavy atom. The van der Waals surface area contributed by atoms with Crippen molar-refractivity contribution in [3.05, 3.63) is 11.8 Å². The Morgan fingerprint density at radius 3 is 2.44 bits per heavy atom. The molecular formula is C29H42O7. The van der Waals surface area contributed by atoms with Gasteiger partial charge in [0.1, 0.15) is 17.6 Å². The van der Waals surface area contributed by atoms with E-state index in [0.29, 0.717) is 37.2 Å². The molecule has 9 atom stereocenters. The van der Waals surface area contributed by atoms with Crippen LogP contribution >= 0.6 is 0 Å². The maximum atomic E-state index is 14.0. The van der Waals surface area contributed by atoms with Crippen LogP contribution in [0.5, 0.6) is 0 Å². The van der Waals surface area contributed by atoms with Crippen molar-refractivity contribution in [1.82, 2.24) is 0 Å². The number of hydrogen-bond acceptors (Lipinski definition) is 7. The molecule has 0 heterocycles. The molecule has 0 aromatic carbocycles. The van der Waals surface area contributed by atoms with Gasteiger partial charge in [-0.05, 0) is 79.6 Å². The van der Waals surface area contributed by atoms with E-state index < -0.39 is 5.41 Å². The lowest BCUT2D eigenvalue weighted by Gasteiger charge is -2.59. The Morgan fingerprint density at radius 2 is 1.81 bits per heavy atom. The van der Waals surface area contributed by atoms with Crippen molar-refractivity contribution in [3.63, 3.8) is 0 Å². The maximum absolute atomic E-state index is 14.0. The van der Waals surface area contributed by atoms with Crippen LogP contribution in [0.1, 0.15) is 86.0 Å². The van der Waals surface area contributed by atoms with Gasteiger partial charge in [0.2, 0.25) is 0 Å². The van der Waals surface area contributed by atoms with Crippen molar-refractivity contribution in [3.8, 4) is 0 Å². The van der Waals surface area contributed by atoms with Crippen molar-refractivity contribution >= 4 is 23.7 Å². The largest absolute Gasteiger partial charge is 0.469 e. The highest BCUT2D eigenvalue weighted by molar-refractivity contribution is 5.87.